The lowest BCUT2D eigenvalue weighted by Crippen LogP contribution is -2.26. The Balaban J connectivity index is 2.41. The molecular formula is C6H13N5S. The van der Waals surface area contributed by atoms with Crippen molar-refractivity contribution in [3.05, 3.63) is 5.82 Å². The predicted molar refractivity (Wildman–Crippen MR) is 48.9 cm³/mol. The molecule has 0 radical (unpaired) electrons. The maximum Gasteiger partial charge on any atom is 0.176 e. The number of hydrogen-bond donors (Lipinski definition) is 1. The third kappa shape index (κ3) is 2.78. The van der Waals surface area contributed by atoms with Crippen molar-refractivity contribution in [1.82, 2.24) is 20.2 Å². The van der Waals surface area contributed by atoms with Gasteiger partial charge in [0.25, 0.3) is 0 Å². The molecule has 0 aliphatic heterocycles. The van der Waals surface area contributed by atoms with Crippen LogP contribution in [0, 0.1) is 0 Å². The van der Waals surface area contributed by atoms with E-state index in [0.717, 1.165) is 11.6 Å². The summed E-state index contributed by atoms with van der Waals surface area (Å²) >= 11 is 1.73. The van der Waals surface area contributed by atoms with Crippen LogP contribution in [0.25, 0.3) is 0 Å². The lowest BCUT2D eigenvalue weighted by Gasteiger charge is -2.04. The van der Waals surface area contributed by atoms with Crippen LogP contribution in [-0.2, 0) is 13.5 Å². The van der Waals surface area contributed by atoms with Crippen LogP contribution in [-0.4, -0.2) is 38.3 Å². The number of thioether (sulfide) groups is 1. The molecule has 0 bridgehead atoms. The Morgan fingerprint density at radius 1 is 1.67 bits per heavy atom. The van der Waals surface area contributed by atoms with Gasteiger partial charge in [0.1, 0.15) is 0 Å². The van der Waals surface area contributed by atoms with Gasteiger partial charge in [-0.2, -0.15) is 16.6 Å². The summed E-state index contributed by atoms with van der Waals surface area (Å²) in [5, 5.41) is 11.6. The fourth-order valence-corrected chi connectivity index (χ4v) is 1.46. The molecule has 0 aliphatic rings. The van der Waals surface area contributed by atoms with Crippen LogP contribution in [0.1, 0.15) is 5.82 Å². The zero-order chi connectivity index (χ0) is 8.97. The first-order valence-corrected chi connectivity index (χ1v) is 5.09. The van der Waals surface area contributed by atoms with E-state index in [1.54, 1.807) is 18.8 Å². The van der Waals surface area contributed by atoms with E-state index in [0.29, 0.717) is 6.42 Å². The molecule has 0 aliphatic carbocycles. The Kier molecular flexibility index (Phi) is 3.48. The first-order valence-electron chi connectivity index (χ1n) is 3.69. The molecule has 0 saturated carbocycles. The second-order valence-electron chi connectivity index (χ2n) is 2.61. The SMILES string of the molecule is CSCC(N)Cc1nnn(C)n1. The minimum absolute atomic E-state index is 0.129. The number of nitrogens with two attached hydrogens (primary N) is 1. The van der Waals surface area contributed by atoms with Crippen molar-refractivity contribution in [3.8, 4) is 0 Å². The van der Waals surface area contributed by atoms with Crippen molar-refractivity contribution in [1.29, 1.82) is 0 Å². The van der Waals surface area contributed by atoms with Crippen LogP contribution in [0.3, 0.4) is 0 Å². The Bertz CT molecular complexity index is 236. The number of hydrogen-bond acceptors (Lipinski definition) is 5. The molecule has 1 aromatic rings. The molecule has 0 saturated heterocycles. The van der Waals surface area contributed by atoms with E-state index in [-0.39, 0.29) is 6.04 Å². The molecule has 0 fully saturated rings. The van der Waals surface area contributed by atoms with Gasteiger partial charge in [0.05, 0.1) is 7.05 Å². The molecule has 68 valence electrons. The third-order valence-corrected chi connectivity index (χ3v) is 2.14. The normalized spacial score (nSPS) is 13.2. The Labute approximate surface area is 75.7 Å². The molecule has 0 aromatic carbocycles. The molecule has 0 amide bonds. The molecule has 1 heterocycles. The van der Waals surface area contributed by atoms with Crippen molar-refractivity contribution in [2.24, 2.45) is 12.8 Å². The fraction of sp³-hybridized carbons (Fsp3) is 0.833. The number of rotatable bonds is 4. The Morgan fingerprint density at radius 3 is 2.92 bits per heavy atom. The molecule has 1 rings (SSSR count). The minimum Gasteiger partial charge on any atom is -0.327 e. The van der Waals surface area contributed by atoms with Crippen LogP contribution < -0.4 is 5.73 Å². The second-order valence-corrected chi connectivity index (χ2v) is 3.53. The van der Waals surface area contributed by atoms with Crippen LogP contribution in [0.5, 0.6) is 0 Å². The van der Waals surface area contributed by atoms with E-state index in [1.807, 2.05) is 6.26 Å². The third-order valence-electron chi connectivity index (χ3n) is 1.38. The molecular weight excluding hydrogens is 174 g/mol. The molecule has 6 heteroatoms. The predicted octanol–water partition coefficient (Wildman–Crippen LogP) is -0.557. The maximum absolute atomic E-state index is 5.79. The summed E-state index contributed by atoms with van der Waals surface area (Å²) in [4.78, 5) is 1.45. The average molecular weight is 187 g/mol. The van der Waals surface area contributed by atoms with Crippen LogP contribution in [0.2, 0.25) is 0 Å². The van der Waals surface area contributed by atoms with E-state index >= 15 is 0 Å². The maximum atomic E-state index is 5.79. The van der Waals surface area contributed by atoms with Gasteiger partial charge in [0.15, 0.2) is 5.82 Å². The van der Waals surface area contributed by atoms with Gasteiger partial charge < -0.3 is 5.73 Å². The summed E-state index contributed by atoms with van der Waals surface area (Å²) in [7, 11) is 1.75. The molecule has 1 aromatic heterocycles. The molecule has 12 heavy (non-hydrogen) atoms. The summed E-state index contributed by atoms with van der Waals surface area (Å²) < 4.78 is 0. The minimum atomic E-state index is 0.129. The highest BCUT2D eigenvalue weighted by molar-refractivity contribution is 7.98. The van der Waals surface area contributed by atoms with E-state index in [2.05, 4.69) is 15.4 Å². The Hall–Kier alpha value is -0.620. The number of tetrazole rings is 1. The summed E-state index contributed by atoms with van der Waals surface area (Å²) in [6.07, 6.45) is 2.73. The molecule has 2 N–H and O–H groups in total. The van der Waals surface area contributed by atoms with E-state index in [9.17, 15) is 0 Å². The van der Waals surface area contributed by atoms with Crippen molar-refractivity contribution in [2.75, 3.05) is 12.0 Å². The smallest absolute Gasteiger partial charge is 0.176 e. The van der Waals surface area contributed by atoms with Crippen LogP contribution in [0.15, 0.2) is 0 Å². The number of aromatic nitrogens is 4. The van der Waals surface area contributed by atoms with Crippen molar-refractivity contribution >= 4 is 11.8 Å². The van der Waals surface area contributed by atoms with Crippen molar-refractivity contribution < 1.29 is 0 Å². The van der Waals surface area contributed by atoms with Gasteiger partial charge in [0, 0.05) is 18.2 Å². The zero-order valence-electron chi connectivity index (χ0n) is 7.27. The van der Waals surface area contributed by atoms with Gasteiger partial charge in [0.2, 0.25) is 0 Å². The highest BCUT2D eigenvalue weighted by atomic mass is 32.2. The zero-order valence-corrected chi connectivity index (χ0v) is 8.08. The van der Waals surface area contributed by atoms with E-state index < -0.39 is 0 Å². The van der Waals surface area contributed by atoms with Crippen molar-refractivity contribution in [3.63, 3.8) is 0 Å². The largest absolute Gasteiger partial charge is 0.327 e. The fourth-order valence-electron chi connectivity index (χ4n) is 0.913. The summed E-state index contributed by atoms with van der Waals surface area (Å²) in [6.45, 7) is 0. The molecule has 1 unspecified atom stereocenters. The molecule has 0 spiro atoms. The van der Waals surface area contributed by atoms with Gasteiger partial charge in [-0.15, -0.1) is 10.2 Å². The van der Waals surface area contributed by atoms with Gasteiger partial charge >= 0.3 is 0 Å². The monoisotopic (exact) mass is 187 g/mol. The van der Waals surface area contributed by atoms with Gasteiger partial charge in [-0.3, -0.25) is 0 Å². The summed E-state index contributed by atoms with van der Waals surface area (Å²) in [5.74, 6) is 1.65. The highest BCUT2D eigenvalue weighted by Gasteiger charge is 2.06. The highest BCUT2D eigenvalue weighted by Crippen LogP contribution is 1.99. The van der Waals surface area contributed by atoms with E-state index in [4.69, 9.17) is 5.73 Å². The first kappa shape index (κ1) is 9.47. The quantitative estimate of drug-likeness (QED) is 0.684. The standard InChI is InChI=1S/C6H13N5S/c1-11-9-6(8-10-11)3-5(7)4-12-2/h5H,3-4,7H2,1-2H3. The van der Waals surface area contributed by atoms with Gasteiger partial charge in [-0.05, 0) is 11.5 Å². The summed E-state index contributed by atoms with van der Waals surface area (Å²) in [5.41, 5.74) is 5.79. The topological polar surface area (TPSA) is 69.6 Å². The van der Waals surface area contributed by atoms with Crippen LogP contribution >= 0.6 is 11.8 Å². The Morgan fingerprint density at radius 2 is 2.42 bits per heavy atom. The van der Waals surface area contributed by atoms with E-state index in [1.165, 1.54) is 4.80 Å². The lowest BCUT2D eigenvalue weighted by molar-refractivity contribution is 0.624. The molecule has 1 atom stereocenters. The van der Waals surface area contributed by atoms with Gasteiger partial charge in [-0.1, -0.05) is 0 Å². The number of aryl methyl sites for hydroxylation is 1. The van der Waals surface area contributed by atoms with Crippen molar-refractivity contribution in [2.45, 2.75) is 12.5 Å². The average Bonchev–Trinajstić information content (AvgIpc) is 2.36. The molecule has 5 nitrogen and oxygen atoms in total. The van der Waals surface area contributed by atoms with Gasteiger partial charge in [-0.25, -0.2) is 0 Å². The number of nitrogens with zero attached hydrogens (tertiary/aromatic N) is 4. The lowest BCUT2D eigenvalue weighted by atomic mass is 10.2. The summed E-state index contributed by atoms with van der Waals surface area (Å²) in [6, 6.07) is 0.129. The second kappa shape index (κ2) is 4.42. The van der Waals surface area contributed by atoms with Crippen LogP contribution in [0.4, 0.5) is 0 Å². The first-order chi connectivity index (χ1) is 5.72.